The number of rotatable bonds is 3. The molecule has 0 radical (unpaired) electrons. The Labute approximate surface area is 209 Å². The third kappa shape index (κ3) is 4.55. The Bertz CT molecular complexity index is 1170. The molecule has 0 atom stereocenters. The SMILES string of the molecule is CC.Cc1ccc(C(=O)N2CCC3(CC2)C(=O)N(c2ccccc2)CN3c2ccccc2)cc1C. The molecule has 35 heavy (non-hydrogen) atoms. The summed E-state index contributed by atoms with van der Waals surface area (Å²) in [6, 6.07) is 25.9. The first-order valence-electron chi connectivity index (χ1n) is 12.6. The molecule has 5 heteroatoms. The van der Waals surface area contributed by atoms with E-state index in [1.807, 2.05) is 97.3 Å². The van der Waals surface area contributed by atoms with E-state index in [1.54, 1.807) is 0 Å². The van der Waals surface area contributed by atoms with Gasteiger partial charge >= 0.3 is 0 Å². The number of hydrogen-bond acceptors (Lipinski definition) is 3. The highest BCUT2D eigenvalue weighted by Crippen LogP contribution is 2.41. The van der Waals surface area contributed by atoms with E-state index in [4.69, 9.17) is 0 Å². The lowest BCUT2D eigenvalue weighted by Crippen LogP contribution is -2.57. The van der Waals surface area contributed by atoms with Gasteiger partial charge in [0.1, 0.15) is 5.54 Å². The van der Waals surface area contributed by atoms with Crippen molar-refractivity contribution >= 4 is 23.2 Å². The van der Waals surface area contributed by atoms with Crippen molar-refractivity contribution in [3.8, 4) is 0 Å². The van der Waals surface area contributed by atoms with Crippen LogP contribution in [0.5, 0.6) is 0 Å². The molecule has 3 aromatic rings. The van der Waals surface area contributed by atoms with Gasteiger partial charge in [-0.25, -0.2) is 0 Å². The van der Waals surface area contributed by atoms with Crippen molar-refractivity contribution in [2.75, 3.05) is 29.6 Å². The third-order valence-electron chi connectivity index (χ3n) is 7.21. The zero-order chi connectivity index (χ0) is 25.0. The van der Waals surface area contributed by atoms with Gasteiger partial charge < -0.3 is 9.80 Å². The van der Waals surface area contributed by atoms with Gasteiger partial charge in [0.05, 0.1) is 6.67 Å². The molecule has 2 saturated heterocycles. The average molecular weight is 470 g/mol. The highest BCUT2D eigenvalue weighted by atomic mass is 16.2. The Balaban J connectivity index is 0.00000141. The molecular weight excluding hydrogens is 434 g/mol. The summed E-state index contributed by atoms with van der Waals surface area (Å²) in [5, 5.41) is 0. The van der Waals surface area contributed by atoms with Gasteiger partial charge in [-0.15, -0.1) is 0 Å². The van der Waals surface area contributed by atoms with Crippen molar-refractivity contribution in [1.82, 2.24) is 4.90 Å². The van der Waals surface area contributed by atoms with Crippen molar-refractivity contribution < 1.29 is 9.59 Å². The lowest BCUT2D eigenvalue weighted by Gasteiger charge is -2.43. The van der Waals surface area contributed by atoms with Crippen LogP contribution in [0.2, 0.25) is 0 Å². The third-order valence-corrected chi connectivity index (χ3v) is 7.21. The molecule has 1 spiro atoms. The van der Waals surface area contributed by atoms with Gasteiger partial charge in [0.2, 0.25) is 0 Å². The van der Waals surface area contributed by atoms with Gasteiger partial charge in [0.15, 0.2) is 0 Å². The first kappa shape index (κ1) is 24.5. The van der Waals surface area contributed by atoms with Crippen molar-refractivity contribution in [3.05, 3.63) is 95.6 Å². The Morgan fingerprint density at radius 2 is 1.34 bits per heavy atom. The molecule has 0 N–H and O–H groups in total. The Morgan fingerprint density at radius 1 is 0.771 bits per heavy atom. The molecule has 2 aliphatic heterocycles. The number of nitrogens with zero attached hydrogens (tertiary/aromatic N) is 3. The molecule has 2 amide bonds. The number of para-hydroxylation sites is 2. The van der Waals surface area contributed by atoms with Crippen molar-refractivity contribution in [2.24, 2.45) is 0 Å². The molecule has 0 bridgehead atoms. The first-order valence-corrected chi connectivity index (χ1v) is 12.6. The molecular formula is C30H35N3O2. The number of carbonyl (C=O) groups excluding carboxylic acids is 2. The predicted octanol–water partition coefficient (Wildman–Crippen LogP) is 5.82. The maximum atomic E-state index is 13.9. The van der Waals surface area contributed by atoms with E-state index >= 15 is 0 Å². The lowest BCUT2D eigenvalue weighted by atomic mass is 9.85. The van der Waals surface area contributed by atoms with Gasteiger partial charge in [-0.3, -0.25) is 14.5 Å². The molecule has 5 rings (SSSR count). The molecule has 182 valence electrons. The zero-order valence-corrected chi connectivity index (χ0v) is 21.2. The Kier molecular flexibility index (Phi) is 7.25. The quantitative estimate of drug-likeness (QED) is 0.486. The average Bonchev–Trinajstić information content (AvgIpc) is 3.19. The number of hydrogen-bond donors (Lipinski definition) is 0. The standard InChI is InChI=1S/C28H29N3O2.C2H6/c1-21-13-14-23(19-22(21)2)26(32)29-17-15-28(16-18-29)27(33)30(24-9-5-3-6-10-24)20-31(28)25-11-7-4-8-12-25;1-2/h3-14,19H,15-18,20H2,1-2H3;1-2H3. The van der Waals surface area contributed by atoms with Gasteiger partial charge in [0.25, 0.3) is 11.8 Å². The highest BCUT2D eigenvalue weighted by Gasteiger charge is 2.54. The molecule has 0 saturated carbocycles. The molecule has 5 nitrogen and oxygen atoms in total. The van der Waals surface area contributed by atoms with E-state index in [1.165, 1.54) is 5.56 Å². The molecule has 0 aliphatic carbocycles. The summed E-state index contributed by atoms with van der Waals surface area (Å²) < 4.78 is 0. The number of carbonyl (C=O) groups is 2. The number of anilines is 2. The van der Waals surface area contributed by atoms with E-state index in [9.17, 15) is 9.59 Å². The number of aryl methyl sites for hydroxylation is 2. The Morgan fingerprint density at radius 3 is 1.91 bits per heavy atom. The monoisotopic (exact) mass is 469 g/mol. The van der Waals surface area contributed by atoms with Crippen LogP contribution < -0.4 is 9.80 Å². The maximum absolute atomic E-state index is 13.9. The predicted molar refractivity (Wildman–Crippen MR) is 143 cm³/mol. The van der Waals surface area contributed by atoms with Gasteiger partial charge in [-0.2, -0.15) is 0 Å². The topological polar surface area (TPSA) is 43.9 Å². The van der Waals surface area contributed by atoms with Gasteiger partial charge in [-0.1, -0.05) is 56.3 Å². The van der Waals surface area contributed by atoms with Crippen LogP contribution in [-0.4, -0.2) is 42.0 Å². The lowest BCUT2D eigenvalue weighted by molar-refractivity contribution is -0.122. The van der Waals surface area contributed by atoms with Crippen molar-refractivity contribution in [1.29, 1.82) is 0 Å². The van der Waals surface area contributed by atoms with Crippen molar-refractivity contribution in [3.63, 3.8) is 0 Å². The molecule has 0 aromatic heterocycles. The zero-order valence-electron chi connectivity index (χ0n) is 21.2. The fourth-order valence-corrected chi connectivity index (χ4v) is 5.07. The van der Waals surface area contributed by atoms with Gasteiger partial charge in [-0.05, 0) is 74.2 Å². The van der Waals surface area contributed by atoms with Crippen LogP contribution in [0.1, 0.15) is 48.2 Å². The highest BCUT2D eigenvalue weighted by molar-refractivity contribution is 6.06. The fraction of sp³-hybridized carbons (Fsp3) is 0.333. The Hall–Kier alpha value is -3.60. The fourth-order valence-electron chi connectivity index (χ4n) is 5.07. The van der Waals surface area contributed by atoms with E-state index in [2.05, 4.69) is 24.0 Å². The number of likely N-dealkylation sites (tertiary alicyclic amines) is 1. The molecule has 2 aliphatic rings. The summed E-state index contributed by atoms with van der Waals surface area (Å²) in [5.41, 5.74) is 4.33. The number of piperidine rings is 1. The summed E-state index contributed by atoms with van der Waals surface area (Å²) >= 11 is 0. The summed E-state index contributed by atoms with van der Waals surface area (Å²) in [4.78, 5) is 33.1. The van der Waals surface area contributed by atoms with Crippen LogP contribution in [0.4, 0.5) is 11.4 Å². The van der Waals surface area contributed by atoms with Crippen LogP contribution in [-0.2, 0) is 4.79 Å². The van der Waals surface area contributed by atoms with Crippen LogP contribution in [0, 0.1) is 13.8 Å². The molecule has 0 unspecified atom stereocenters. The molecule has 2 fully saturated rings. The first-order chi connectivity index (χ1) is 17.0. The number of benzene rings is 3. The van der Waals surface area contributed by atoms with E-state index in [-0.39, 0.29) is 11.8 Å². The number of amides is 2. The smallest absolute Gasteiger partial charge is 0.254 e. The second-order valence-corrected chi connectivity index (χ2v) is 9.10. The van der Waals surface area contributed by atoms with Crippen molar-refractivity contribution in [2.45, 2.75) is 46.1 Å². The minimum atomic E-state index is -0.642. The van der Waals surface area contributed by atoms with Crippen LogP contribution >= 0.6 is 0 Å². The van der Waals surface area contributed by atoms with Crippen LogP contribution in [0.3, 0.4) is 0 Å². The summed E-state index contributed by atoms with van der Waals surface area (Å²) in [7, 11) is 0. The minimum Gasteiger partial charge on any atom is -0.338 e. The summed E-state index contributed by atoms with van der Waals surface area (Å²) in [6.45, 7) is 9.71. The second kappa shape index (κ2) is 10.3. The van der Waals surface area contributed by atoms with E-state index in [0.29, 0.717) is 32.6 Å². The molecule has 3 aromatic carbocycles. The largest absolute Gasteiger partial charge is 0.338 e. The van der Waals surface area contributed by atoms with Crippen LogP contribution in [0.25, 0.3) is 0 Å². The van der Waals surface area contributed by atoms with E-state index < -0.39 is 5.54 Å². The maximum Gasteiger partial charge on any atom is 0.254 e. The van der Waals surface area contributed by atoms with Gasteiger partial charge in [0, 0.05) is 30.0 Å². The van der Waals surface area contributed by atoms with Crippen LogP contribution in [0.15, 0.2) is 78.9 Å². The van der Waals surface area contributed by atoms with E-state index in [0.717, 1.165) is 22.5 Å². The molecule has 2 heterocycles. The summed E-state index contributed by atoms with van der Waals surface area (Å²) in [6.07, 6.45) is 1.22. The minimum absolute atomic E-state index is 0.0459. The summed E-state index contributed by atoms with van der Waals surface area (Å²) in [5.74, 6) is 0.167. The normalized spacial score (nSPS) is 16.8. The second-order valence-electron chi connectivity index (χ2n) is 9.10.